The van der Waals surface area contributed by atoms with Gasteiger partial charge in [-0.2, -0.15) is 0 Å². The van der Waals surface area contributed by atoms with E-state index in [0.717, 1.165) is 11.3 Å². The van der Waals surface area contributed by atoms with E-state index in [-0.39, 0.29) is 11.8 Å². The number of methoxy groups -OCH3 is 1. The summed E-state index contributed by atoms with van der Waals surface area (Å²) in [5, 5.41) is 2.87. The van der Waals surface area contributed by atoms with Crippen molar-refractivity contribution in [2.24, 2.45) is 11.7 Å². The van der Waals surface area contributed by atoms with Gasteiger partial charge in [0.15, 0.2) is 0 Å². The third-order valence-electron chi connectivity index (χ3n) is 5.03. The van der Waals surface area contributed by atoms with Gasteiger partial charge in [0.05, 0.1) is 18.7 Å². The van der Waals surface area contributed by atoms with Gasteiger partial charge in [-0.05, 0) is 24.1 Å². The molecule has 0 spiro atoms. The molecule has 1 aliphatic heterocycles. The standard InChI is InChI=1S/C21H25N3O3/c1-14(19(22)15-8-4-3-5-9-15)20(25)23-16-12-13-24(21(16)26)17-10-6-7-11-18(17)27-2/h3-11,14,16,19H,12-13,22H2,1-2H3,(H,23,25). The van der Waals surface area contributed by atoms with E-state index in [1.54, 1.807) is 18.9 Å². The zero-order valence-electron chi connectivity index (χ0n) is 15.6. The highest BCUT2D eigenvalue weighted by molar-refractivity contribution is 6.02. The number of carbonyl (C=O) groups is 2. The first-order valence-electron chi connectivity index (χ1n) is 9.08. The molecule has 0 aliphatic carbocycles. The number of amides is 2. The fraction of sp³-hybridized carbons (Fsp3) is 0.333. The molecule has 2 aromatic carbocycles. The maximum atomic E-state index is 12.8. The SMILES string of the molecule is COc1ccccc1N1CCC(NC(=O)C(C)C(N)c2ccccc2)C1=O. The van der Waals surface area contributed by atoms with Crippen LogP contribution in [0.3, 0.4) is 0 Å². The van der Waals surface area contributed by atoms with Crippen molar-refractivity contribution in [3.63, 3.8) is 0 Å². The van der Waals surface area contributed by atoms with Crippen LogP contribution in [0, 0.1) is 5.92 Å². The molecular weight excluding hydrogens is 342 g/mol. The number of benzene rings is 2. The Hall–Kier alpha value is -2.86. The Bertz CT molecular complexity index is 809. The number of carbonyl (C=O) groups excluding carboxylic acids is 2. The lowest BCUT2D eigenvalue weighted by molar-refractivity contribution is -0.129. The Morgan fingerprint density at radius 2 is 1.85 bits per heavy atom. The molecule has 1 aliphatic rings. The molecular formula is C21H25N3O3. The van der Waals surface area contributed by atoms with Crippen LogP contribution in [0.15, 0.2) is 54.6 Å². The zero-order valence-corrected chi connectivity index (χ0v) is 15.6. The molecule has 0 radical (unpaired) electrons. The molecule has 6 nitrogen and oxygen atoms in total. The molecule has 3 rings (SSSR count). The molecule has 1 fully saturated rings. The second-order valence-electron chi connectivity index (χ2n) is 6.74. The average Bonchev–Trinajstić information content (AvgIpc) is 3.07. The maximum absolute atomic E-state index is 12.8. The predicted molar refractivity (Wildman–Crippen MR) is 104 cm³/mol. The Morgan fingerprint density at radius 3 is 2.56 bits per heavy atom. The summed E-state index contributed by atoms with van der Waals surface area (Å²) in [6.45, 7) is 2.31. The van der Waals surface area contributed by atoms with Crippen LogP contribution in [0.25, 0.3) is 0 Å². The minimum atomic E-state index is -0.548. The van der Waals surface area contributed by atoms with Crippen molar-refractivity contribution in [3.8, 4) is 5.75 Å². The van der Waals surface area contributed by atoms with Crippen LogP contribution >= 0.6 is 0 Å². The van der Waals surface area contributed by atoms with Crippen LogP contribution in [0.1, 0.15) is 24.9 Å². The molecule has 0 bridgehead atoms. The summed E-state index contributed by atoms with van der Waals surface area (Å²) in [7, 11) is 1.57. The van der Waals surface area contributed by atoms with Crippen LogP contribution in [-0.4, -0.2) is 31.5 Å². The van der Waals surface area contributed by atoms with Crippen LogP contribution in [0.2, 0.25) is 0 Å². The molecule has 2 aromatic rings. The summed E-state index contributed by atoms with van der Waals surface area (Å²) < 4.78 is 5.34. The lowest BCUT2D eigenvalue weighted by atomic mass is 9.94. The van der Waals surface area contributed by atoms with E-state index < -0.39 is 18.0 Å². The van der Waals surface area contributed by atoms with E-state index in [2.05, 4.69) is 5.32 Å². The summed E-state index contributed by atoms with van der Waals surface area (Å²) >= 11 is 0. The van der Waals surface area contributed by atoms with Crippen molar-refractivity contribution < 1.29 is 14.3 Å². The van der Waals surface area contributed by atoms with Gasteiger partial charge in [-0.3, -0.25) is 9.59 Å². The van der Waals surface area contributed by atoms with E-state index in [4.69, 9.17) is 10.5 Å². The fourth-order valence-electron chi connectivity index (χ4n) is 3.34. The third-order valence-corrected chi connectivity index (χ3v) is 5.03. The van der Waals surface area contributed by atoms with Crippen LogP contribution in [-0.2, 0) is 9.59 Å². The molecule has 0 saturated carbocycles. The van der Waals surface area contributed by atoms with E-state index in [9.17, 15) is 9.59 Å². The monoisotopic (exact) mass is 367 g/mol. The van der Waals surface area contributed by atoms with Gasteiger partial charge in [0.25, 0.3) is 0 Å². The van der Waals surface area contributed by atoms with Gasteiger partial charge in [-0.15, -0.1) is 0 Å². The number of anilines is 1. The summed E-state index contributed by atoms with van der Waals surface area (Å²) in [6, 6.07) is 15.9. The number of nitrogens with one attached hydrogen (secondary N) is 1. The molecule has 3 N–H and O–H groups in total. The quantitative estimate of drug-likeness (QED) is 0.820. The van der Waals surface area contributed by atoms with Crippen molar-refractivity contribution in [1.29, 1.82) is 0 Å². The highest BCUT2D eigenvalue weighted by Gasteiger charge is 2.36. The molecule has 6 heteroatoms. The number of para-hydroxylation sites is 2. The Balaban J connectivity index is 1.66. The largest absolute Gasteiger partial charge is 0.495 e. The van der Waals surface area contributed by atoms with Crippen LogP contribution in [0.5, 0.6) is 5.75 Å². The van der Waals surface area contributed by atoms with Gasteiger partial charge < -0.3 is 20.7 Å². The van der Waals surface area contributed by atoms with Crippen molar-refractivity contribution in [1.82, 2.24) is 5.32 Å². The molecule has 0 aromatic heterocycles. The van der Waals surface area contributed by atoms with E-state index in [1.807, 2.05) is 54.6 Å². The van der Waals surface area contributed by atoms with Crippen molar-refractivity contribution in [2.45, 2.75) is 25.4 Å². The number of hydrogen-bond donors (Lipinski definition) is 2. The Labute approximate surface area is 159 Å². The van der Waals surface area contributed by atoms with Gasteiger partial charge in [-0.1, -0.05) is 49.4 Å². The fourth-order valence-corrected chi connectivity index (χ4v) is 3.34. The first-order chi connectivity index (χ1) is 13.0. The van der Waals surface area contributed by atoms with Crippen molar-refractivity contribution in [3.05, 3.63) is 60.2 Å². The first-order valence-corrected chi connectivity index (χ1v) is 9.08. The van der Waals surface area contributed by atoms with Gasteiger partial charge in [-0.25, -0.2) is 0 Å². The lowest BCUT2D eigenvalue weighted by Gasteiger charge is -2.22. The highest BCUT2D eigenvalue weighted by atomic mass is 16.5. The van der Waals surface area contributed by atoms with Gasteiger partial charge >= 0.3 is 0 Å². The average molecular weight is 367 g/mol. The second kappa shape index (κ2) is 8.22. The lowest BCUT2D eigenvalue weighted by Crippen LogP contribution is -2.45. The molecule has 2 amide bonds. The van der Waals surface area contributed by atoms with E-state index in [1.165, 1.54) is 0 Å². The van der Waals surface area contributed by atoms with Gasteiger partial charge in [0.2, 0.25) is 11.8 Å². The summed E-state index contributed by atoms with van der Waals surface area (Å²) in [5.74, 6) is -0.155. The highest BCUT2D eigenvalue weighted by Crippen LogP contribution is 2.31. The predicted octanol–water partition coefficient (Wildman–Crippen LogP) is 2.25. The van der Waals surface area contributed by atoms with E-state index in [0.29, 0.717) is 18.7 Å². The number of nitrogens with zero attached hydrogens (tertiary/aromatic N) is 1. The summed E-state index contributed by atoms with van der Waals surface area (Å²) in [6.07, 6.45) is 0.552. The Kier molecular flexibility index (Phi) is 5.76. The normalized spacial score (nSPS) is 18.9. The molecule has 3 unspecified atom stereocenters. The zero-order chi connectivity index (χ0) is 19.4. The summed E-state index contributed by atoms with van der Waals surface area (Å²) in [4.78, 5) is 27.1. The first kappa shape index (κ1) is 18.9. The van der Waals surface area contributed by atoms with Crippen LogP contribution < -0.4 is 20.7 Å². The smallest absolute Gasteiger partial charge is 0.249 e. The molecule has 1 heterocycles. The number of ether oxygens (including phenoxy) is 1. The topological polar surface area (TPSA) is 84.7 Å². The molecule has 3 atom stereocenters. The minimum Gasteiger partial charge on any atom is -0.495 e. The number of rotatable bonds is 6. The number of hydrogen-bond acceptors (Lipinski definition) is 4. The van der Waals surface area contributed by atoms with Crippen LogP contribution in [0.4, 0.5) is 5.69 Å². The van der Waals surface area contributed by atoms with Gasteiger partial charge in [0, 0.05) is 12.6 Å². The molecule has 1 saturated heterocycles. The minimum absolute atomic E-state index is 0.131. The van der Waals surface area contributed by atoms with Crippen molar-refractivity contribution >= 4 is 17.5 Å². The second-order valence-corrected chi connectivity index (χ2v) is 6.74. The van der Waals surface area contributed by atoms with Crippen molar-refractivity contribution in [2.75, 3.05) is 18.6 Å². The Morgan fingerprint density at radius 1 is 1.19 bits per heavy atom. The van der Waals surface area contributed by atoms with Gasteiger partial charge in [0.1, 0.15) is 11.8 Å². The summed E-state index contributed by atoms with van der Waals surface area (Å²) in [5.41, 5.74) is 7.85. The molecule has 142 valence electrons. The third kappa shape index (κ3) is 3.95. The van der Waals surface area contributed by atoms with E-state index >= 15 is 0 Å². The molecule has 27 heavy (non-hydrogen) atoms. The maximum Gasteiger partial charge on any atom is 0.249 e. The number of nitrogens with two attached hydrogens (primary N) is 1.